The van der Waals surface area contributed by atoms with Crippen LogP contribution in [0.5, 0.6) is 0 Å². The third kappa shape index (κ3) is 3.82. The van der Waals surface area contributed by atoms with Crippen LogP contribution in [0.1, 0.15) is 67.0 Å². The molecule has 0 fully saturated rings. The van der Waals surface area contributed by atoms with E-state index in [0.29, 0.717) is 0 Å². The summed E-state index contributed by atoms with van der Waals surface area (Å²) in [5.41, 5.74) is 6.55. The zero-order valence-corrected chi connectivity index (χ0v) is 18.4. The van der Waals surface area contributed by atoms with Crippen molar-refractivity contribution in [2.24, 2.45) is 0 Å². The quantitative estimate of drug-likeness (QED) is 0.387. The van der Waals surface area contributed by atoms with Gasteiger partial charge in [-0.15, -0.1) is 0 Å². The van der Waals surface area contributed by atoms with E-state index in [1.165, 1.54) is 11.1 Å². The van der Waals surface area contributed by atoms with Gasteiger partial charge in [0.15, 0.2) is 0 Å². The predicted octanol–water partition coefficient (Wildman–Crippen LogP) is 6.73. The summed E-state index contributed by atoms with van der Waals surface area (Å²) in [6, 6.07) is 12.8. The molecule has 0 saturated carbocycles. The smallest absolute Gasteiger partial charge is 0.112 e. The van der Waals surface area contributed by atoms with Gasteiger partial charge in [0.2, 0.25) is 0 Å². The highest BCUT2D eigenvalue weighted by Crippen LogP contribution is 2.29. The number of aromatic amines is 2. The van der Waals surface area contributed by atoms with E-state index >= 15 is 0 Å². The summed E-state index contributed by atoms with van der Waals surface area (Å²) in [5, 5.41) is 0. The van der Waals surface area contributed by atoms with Crippen LogP contribution in [0.4, 0.5) is 0 Å². The maximum atomic E-state index is 4.73. The number of nitrogens with one attached hydrogen (secondary N) is 2. The van der Waals surface area contributed by atoms with Gasteiger partial charge in [0.25, 0.3) is 0 Å². The average Bonchev–Trinajstić information content (AvgIpc) is 3.25. The topological polar surface area (TPSA) is 57.4 Å². The number of H-pyrrole nitrogens is 2. The van der Waals surface area contributed by atoms with Crippen LogP contribution >= 0.6 is 0 Å². The third-order valence-corrected chi connectivity index (χ3v) is 4.72. The van der Waals surface area contributed by atoms with E-state index in [0.717, 1.165) is 33.7 Å². The molecular weight excluding hydrogens is 344 g/mol. The van der Waals surface area contributed by atoms with Gasteiger partial charge in [-0.05, 0) is 35.4 Å². The van der Waals surface area contributed by atoms with Gasteiger partial charge in [-0.1, -0.05) is 67.5 Å². The molecule has 0 amide bonds. The number of aromatic nitrogens is 4. The highest BCUT2D eigenvalue weighted by Gasteiger charge is 2.19. The van der Waals surface area contributed by atoms with Crippen molar-refractivity contribution in [2.45, 2.75) is 66.2 Å². The Morgan fingerprint density at radius 2 is 0.964 bits per heavy atom. The third-order valence-electron chi connectivity index (χ3n) is 4.72. The standard InChI is InChI=1S/C22H26N4.C2H6/c1-21(2,3)19-23-15-9-7-13(11-17(15)25-19)14-8-10-16-18(12-14)26-20(24-16)22(4,5)6;1-2/h7-12H,1-6H3,(H,23,25)(H,24,26);1-2H3. The van der Waals surface area contributed by atoms with Crippen LogP contribution in [0.2, 0.25) is 0 Å². The minimum Gasteiger partial charge on any atom is -0.342 e. The summed E-state index contributed by atoms with van der Waals surface area (Å²) in [5.74, 6) is 2.03. The normalized spacial score (nSPS) is 12.3. The Bertz CT molecular complexity index is 1010. The zero-order chi connectivity index (χ0) is 20.7. The molecule has 0 spiro atoms. The van der Waals surface area contributed by atoms with Crippen LogP contribution in [0.3, 0.4) is 0 Å². The van der Waals surface area contributed by atoms with Crippen molar-refractivity contribution in [1.29, 1.82) is 0 Å². The summed E-state index contributed by atoms with van der Waals surface area (Å²) in [6.07, 6.45) is 0. The van der Waals surface area contributed by atoms with Gasteiger partial charge in [-0.25, -0.2) is 9.97 Å². The van der Waals surface area contributed by atoms with Crippen molar-refractivity contribution in [3.63, 3.8) is 0 Å². The highest BCUT2D eigenvalue weighted by atomic mass is 14.9. The average molecular weight is 377 g/mol. The van der Waals surface area contributed by atoms with E-state index in [1.807, 2.05) is 13.8 Å². The molecule has 2 heterocycles. The van der Waals surface area contributed by atoms with Crippen LogP contribution in [-0.4, -0.2) is 19.9 Å². The molecule has 4 heteroatoms. The summed E-state index contributed by atoms with van der Waals surface area (Å²) in [4.78, 5) is 16.4. The van der Waals surface area contributed by atoms with Crippen molar-refractivity contribution >= 4 is 22.1 Å². The molecule has 28 heavy (non-hydrogen) atoms. The van der Waals surface area contributed by atoms with Crippen LogP contribution in [0.15, 0.2) is 36.4 Å². The Morgan fingerprint density at radius 1 is 0.607 bits per heavy atom. The van der Waals surface area contributed by atoms with Crippen LogP contribution in [-0.2, 0) is 10.8 Å². The summed E-state index contributed by atoms with van der Waals surface area (Å²) in [6.45, 7) is 17.0. The lowest BCUT2D eigenvalue weighted by molar-refractivity contribution is 0.554. The molecule has 4 aromatic rings. The van der Waals surface area contributed by atoms with Gasteiger partial charge in [-0.3, -0.25) is 0 Å². The maximum absolute atomic E-state index is 4.73. The zero-order valence-electron chi connectivity index (χ0n) is 18.4. The Balaban J connectivity index is 0.00000109. The first-order valence-electron chi connectivity index (χ1n) is 10.1. The lowest BCUT2D eigenvalue weighted by Crippen LogP contribution is -2.12. The number of benzene rings is 2. The minimum absolute atomic E-state index is 0.0113. The second kappa shape index (κ2) is 7.08. The molecule has 148 valence electrons. The van der Waals surface area contributed by atoms with Gasteiger partial charge in [0, 0.05) is 10.8 Å². The molecular formula is C24H32N4. The van der Waals surface area contributed by atoms with Crippen molar-refractivity contribution in [2.75, 3.05) is 0 Å². The van der Waals surface area contributed by atoms with Gasteiger partial charge in [0.05, 0.1) is 22.1 Å². The van der Waals surface area contributed by atoms with E-state index in [9.17, 15) is 0 Å². The molecule has 2 aromatic heterocycles. The molecule has 0 bridgehead atoms. The Hall–Kier alpha value is -2.62. The van der Waals surface area contributed by atoms with Crippen LogP contribution in [0, 0.1) is 0 Å². The largest absolute Gasteiger partial charge is 0.342 e. The molecule has 4 rings (SSSR count). The van der Waals surface area contributed by atoms with Crippen molar-refractivity contribution in [3.05, 3.63) is 48.0 Å². The van der Waals surface area contributed by atoms with Crippen LogP contribution < -0.4 is 0 Å². The van der Waals surface area contributed by atoms with Crippen molar-refractivity contribution < 1.29 is 0 Å². The fourth-order valence-electron chi connectivity index (χ4n) is 3.09. The van der Waals surface area contributed by atoms with E-state index in [1.54, 1.807) is 0 Å². The highest BCUT2D eigenvalue weighted by molar-refractivity contribution is 5.86. The van der Waals surface area contributed by atoms with Gasteiger partial charge >= 0.3 is 0 Å². The monoisotopic (exact) mass is 376 g/mol. The van der Waals surface area contributed by atoms with E-state index < -0.39 is 0 Å². The fourth-order valence-corrected chi connectivity index (χ4v) is 3.09. The molecule has 0 radical (unpaired) electrons. The van der Waals surface area contributed by atoms with Gasteiger partial charge < -0.3 is 9.97 Å². The van der Waals surface area contributed by atoms with Crippen molar-refractivity contribution in [1.82, 2.24) is 19.9 Å². The first-order chi connectivity index (χ1) is 13.1. The number of rotatable bonds is 1. The molecule has 2 aromatic carbocycles. The molecule has 0 saturated heterocycles. The predicted molar refractivity (Wildman–Crippen MR) is 120 cm³/mol. The SMILES string of the molecule is CC.CC(C)(C)c1nc2ccc(-c3ccc4nc(C(C)(C)C)[nH]c4c3)cc2[nH]1. The second-order valence-corrected chi connectivity index (χ2v) is 9.13. The van der Waals surface area contributed by atoms with E-state index in [2.05, 4.69) is 87.9 Å². The molecule has 0 aliphatic rings. The molecule has 0 aliphatic carbocycles. The summed E-state index contributed by atoms with van der Waals surface area (Å²) >= 11 is 0. The van der Waals surface area contributed by atoms with Gasteiger partial charge in [-0.2, -0.15) is 0 Å². The molecule has 0 unspecified atom stereocenters. The molecule has 2 N–H and O–H groups in total. The fraction of sp³-hybridized carbons (Fsp3) is 0.417. The number of fused-ring (bicyclic) bond motifs is 2. The Morgan fingerprint density at radius 3 is 1.29 bits per heavy atom. The summed E-state index contributed by atoms with van der Waals surface area (Å²) < 4.78 is 0. The number of hydrogen-bond acceptors (Lipinski definition) is 2. The van der Waals surface area contributed by atoms with Crippen molar-refractivity contribution in [3.8, 4) is 11.1 Å². The molecule has 0 aliphatic heterocycles. The van der Waals surface area contributed by atoms with Gasteiger partial charge in [0.1, 0.15) is 11.6 Å². The first kappa shape index (κ1) is 20.1. The van der Waals surface area contributed by atoms with Crippen LogP contribution in [0.25, 0.3) is 33.2 Å². The minimum atomic E-state index is 0.0113. The number of nitrogens with zero attached hydrogens (tertiary/aromatic N) is 2. The summed E-state index contributed by atoms with van der Waals surface area (Å²) in [7, 11) is 0. The number of hydrogen-bond donors (Lipinski definition) is 2. The van der Waals surface area contributed by atoms with E-state index in [4.69, 9.17) is 9.97 Å². The lowest BCUT2D eigenvalue weighted by Gasteiger charge is -2.13. The lowest BCUT2D eigenvalue weighted by atomic mass is 9.96. The van der Waals surface area contributed by atoms with E-state index in [-0.39, 0.29) is 10.8 Å². The number of imidazole rings is 2. The second-order valence-electron chi connectivity index (χ2n) is 9.13. The molecule has 0 atom stereocenters. The molecule has 4 nitrogen and oxygen atoms in total. The Kier molecular flexibility index (Phi) is 5.09. The Labute approximate surface area is 167 Å². The first-order valence-corrected chi connectivity index (χ1v) is 10.1. The maximum Gasteiger partial charge on any atom is 0.112 e.